The fourth-order valence-corrected chi connectivity index (χ4v) is 1.62. The number of hydrogen-bond acceptors (Lipinski definition) is 2. The Hall–Kier alpha value is -1.15. The van der Waals surface area contributed by atoms with Gasteiger partial charge in [0.15, 0.2) is 0 Å². The van der Waals surface area contributed by atoms with Crippen LogP contribution < -0.4 is 0 Å². The molecule has 2 nitrogen and oxygen atoms in total. The highest BCUT2D eigenvalue weighted by atomic mass is 16.3. The highest BCUT2D eigenvalue weighted by molar-refractivity contribution is 5.79. The Balaban J connectivity index is 2.83. The molecule has 2 heteroatoms. The minimum Gasteiger partial charge on any atom is -0.388 e. The van der Waals surface area contributed by atoms with Gasteiger partial charge < -0.3 is 5.11 Å². The first kappa shape index (κ1) is 10.9. The van der Waals surface area contributed by atoms with Crippen molar-refractivity contribution in [2.75, 3.05) is 0 Å². The molecule has 1 aromatic rings. The second kappa shape index (κ2) is 4.91. The number of hydrogen-bond donors (Lipinski definition) is 1. The Bertz CT molecular complexity index is 292. The normalized spacial score (nSPS) is 14.8. The number of rotatable bonds is 4. The number of carbonyl (C=O) groups excluding carboxylic acids is 1. The van der Waals surface area contributed by atoms with Gasteiger partial charge in [0.05, 0.1) is 6.10 Å². The number of carbonyl (C=O) groups is 1. The second-order valence-corrected chi connectivity index (χ2v) is 3.48. The Morgan fingerprint density at radius 1 is 1.36 bits per heavy atom. The topological polar surface area (TPSA) is 37.3 Å². The number of aliphatic hydroxyl groups is 1. The molecule has 0 aliphatic heterocycles. The molecule has 0 spiro atoms. The van der Waals surface area contributed by atoms with Crippen LogP contribution >= 0.6 is 0 Å². The summed E-state index contributed by atoms with van der Waals surface area (Å²) in [6.07, 6.45) is 0.00415. The summed E-state index contributed by atoms with van der Waals surface area (Å²) in [7, 11) is 0. The van der Waals surface area contributed by atoms with E-state index in [1.54, 1.807) is 0 Å². The zero-order chi connectivity index (χ0) is 10.6. The van der Waals surface area contributed by atoms with E-state index < -0.39 is 6.10 Å². The molecule has 1 aromatic carbocycles. The van der Waals surface area contributed by atoms with Crippen LogP contribution in [0.15, 0.2) is 30.3 Å². The molecule has 0 bridgehead atoms. The largest absolute Gasteiger partial charge is 0.388 e. The third kappa shape index (κ3) is 2.42. The van der Waals surface area contributed by atoms with E-state index in [1.807, 2.05) is 37.3 Å². The van der Waals surface area contributed by atoms with Crippen LogP contribution in [0.3, 0.4) is 0 Å². The van der Waals surface area contributed by atoms with Gasteiger partial charge in [-0.05, 0) is 18.9 Å². The summed E-state index contributed by atoms with van der Waals surface area (Å²) in [6, 6.07) is 9.31. The summed E-state index contributed by atoms with van der Waals surface area (Å²) < 4.78 is 0. The molecule has 0 radical (unpaired) electrons. The molecular formula is C12H16O2. The van der Waals surface area contributed by atoms with Crippen molar-refractivity contribution in [3.8, 4) is 0 Å². The van der Waals surface area contributed by atoms with Crippen LogP contribution in [0.4, 0.5) is 0 Å². The van der Waals surface area contributed by atoms with Gasteiger partial charge in [0, 0.05) is 5.92 Å². The maximum atomic E-state index is 11.2. The monoisotopic (exact) mass is 192 g/mol. The van der Waals surface area contributed by atoms with Crippen molar-refractivity contribution < 1.29 is 9.90 Å². The molecule has 0 unspecified atom stereocenters. The van der Waals surface area contributed by atoms with E-state index >= 15 is 0 Å². The zero-order valence-corrected chi connectivity index (χ0v) is 8.60. The third-order valence-corrected chi connectivity index (χ3v) is 2.48. The molecule has 0 aliphatic rings. The zero-order valence-electron chi connectivity index (χ0n) is 8.60. The Morgan fingerprint density at radius 2 is 1.93 bits per heavy atom. The molecular weight excluding hydrogens is 176 g/mol. The first-order valence-electron chi connectivity index (χ1n) is 4.90. The summed E-state index contributed by atoms with van der Waals surface area (Å²) >= 11 is 0. The van der Waals surface area contributed by atoms with Gasteiger partial charge in [-0.25, -0.2) is 0 Å². The van der Waals surface area contributed by atoms with Crippen molar-refractivity contribution in [3.05, 3.63) is 35.9 Å². The predicted octanol–water partition coefficient (Wildman–Crippen LogP) is 2.34. The molecule has 0 saturated heterocycles. The van der Waals surface area contributed by atoms with E-state index in [-0.39, 0.29) is 11.7 Å². The lowest BCUT2D eigenvalue weighted by Gasteiger charge is -2.18. The second-order valence-electron chi connectivity index (χ2n) is 3.48. The summed E-state index contributed by atoms with van der Waals surface area (Å²) in [5.41, 5.74) is 0.814. The summed E-state index contributed by atoms with van der Waals surface area (Å²) in [5.74, 6) is -0.235. The van der Waals surface area contributed by atoms with Crippen molar-refractivity contribution in [1.82, 2.24) is 0 Å². The van der Waals surface area contributed by atoms with Crippen LogP contribution in [-0.2, 0) is 4.79 Å². The predicted molar refractivity (Wildman–Crippen MR) is 55.9 cm³/mol. The Labute approximate surface area is 84.6 Å². The standard InChI is InChI=1S/C12H16O2/c1-3-11(9(2)13)12(14)10-7-5-4-6-8-10/h4-8,11-12,14H,3H2,1-2H3/t11-,12+/m0/s1. The van der Waals surface area contributed by atoms with Crippen molar-refractivity contribution in [2.24, 2.45) is 5.92 Å². The molecule has 0 saturated carbocycles. The van der Waals surface area contributed by atoms with Gasteiger partial charge in [-0.1, -0.05) is 37.3 Å². The number of benzene rings is 1. The van der Waals surface area contributed by atoms with E-state index in [9.17, 15) is 9.90 Å². The van der Waals surface area contributed by atoms with E-state index in [0.29, 0.717) is 6.42 Å². The lowest BCUT2D eigenvalue weighted by atomic mass is 9.90. The Kier molecular flexibility index (Phi) is 3.84. The van der Waals surface area contributed by atoms with E-state index in [1.165, 1.54) is 6.92 Å². The van der Waals surface area contributed by atoms with Crippen LogP contribution in [0.1, 0.15) is 31.9 Å². The Morgan fingerprint density at radius 3 is 2.36 bits per heavy atom. The fourth-order valence-electron chi connectivity index (χ4n) is 1.62. The van der Waals surface area contributed by atoms with Crippen LogP contribution in [-0.4, -0.2) is 10.9 Å². The van der Waals surface area contributed by atoms with Crippen molar-refractivity contribution in [1.29, 1.82) is 0 Å². The lowest BCUT2D eigenvalue weighted by molar-refractivity contribution is -0.124. The van der Waals surface area contributed by atoms with Crippen LogP contribution in [0.5, 0.6) is 0 Å². The van der Waals surface area contributed by atoms with Gasteiger partial charge in [0.2, 0.25) is 0 Å². The van der Waals surface area contributed by atoms with Crippen LogP contribution in [0.25, 0.3) is 0 Å². The van der Waals surface area contributed by atoms with E-state index in [0.717, 1.165) is 5.56 Å². The van der Waals surface area contributed by atoms with Gasteiger partial charge >= 0.3 is 0 Å². The SMILES string of the molecule is CC[C@@H](C(C)=O)[C@H](O)c1ccccc1. The average Bonchev–Trinajstić information content (AvgIpc) is 2.19. The summed E-state index contributed by atoms with van der Waals surface area (Å²) in [5, 5.41) is 9.93. The third-order valence-electron chi connectivity index (χ3n) is 2.48. The van der Waals surface area contributed by atoms with E-state index in [4.69, 9.17) is 0 Å². The molecule has 0 amide bonds. The van der Waals surface area contributed by atoms with Crippen molar-refractivity contribution >= 4 is 5.78 Å². The van der Waals surface area contributed by atoms with Gasteiger partial charge in [-0.15, -0.1) is 0 Å². The quantitative estimate of drug-likeness (QED) is 0.795. The van der Waals surface area contributed by atoms with Gasteiger partial charge in [-0.3, -0.25) is 4.79 Å². The van der Waals surface area contributed by atoms with Gasteiger partial charge in [0.25, 0.3) is 0 Å². The molecule has 1 rings (SSSR count). The van der Waals surface area contributed by atoms with Crippen molar-refractivity contribution in [2.45, 2.75) is 26.4 Å². The molecule has 14 heavy (non-hydrogen) atoms. The highest BCUT2D eigenvalue weighted by Crippen LogP contribution is 2.24. The molecule has 0 aliphatic carbocycles. The molecule has 0 aromatic heterocycles. The molecule has 0 heterocycles. The molecule has 76 valence electrons. The average molecular weight is 192 g/mol. The van der Waals surface area contributed by atoms with Gasteiger partial charge in [0.1, 0.15) is 5.78 Å². The van der Waals surface area contributed by atoms with Crippen LogP contribution in [0, 0.1) is 5.92 Å². The first-order valence-corrected chi connectivity index (χ1v) is 4.90. The maximum absolute atomic E-state index is 11.2. The maximum Gasteiger partial charge on any atom is 0.135 e. The first-order chi connectivity index (χ1) is 6.66. The van der Waals surface area contributed by atoms with E-state index in [2.05, 4.69) is 0 Å². The summed E-state index contributed by atoms with van der Waals surface area (Å²) in [6.45, 7) is 3.44. The molecule has 1 N–H and O–H groups in total. The van der Waals surface area contributed by atoms with Gasteiger partial charge in [-0.2, -0.15) is 0 Å². The minimum absolute atomic E-state index is 0.0452. The number of Topliss-reactive ketones (excluding diaryl/α,β-unsaturated/α-hetero) is 1. The summed E-state index contributed by atoms with van der Waals surface area (Å²) in [4.78, 5) is 11.2. The number of ketones is 1. The fraction of sp³-hybridized carbons (Fsp3) is 0.417. The molecule has 2 atom stereocenters. The lowest BCUT2D eigenvalue weighted by Crippen LogP contribution is -2.19. The molecule has 0 fully saturated rings. The van der Waals surface area contributed by atoms with Crippen LogP contribution in [0.2, 0.25) is 0 Å². The number of aliphatic hydroxyl groups excluding tert-OH is 1. The minimum atomic E-state index is -0.668. The van der Waals surface area contributed by atoms with Crippen molar-refractivity contribution in [3.63, 3.8) is 0 Å². The highest BCUT2D eigenvalue weighted by Gasteiger charge is 2.22. The smallest absolute Gasteiger partial charge is 0.135 e.